The molecule has 0 spiro atoms. The first-order chi connectivity index (χ1) is 10.7. The van der Waals surface area contributed by atoms with Gasteiger partial charge in [0.05, 0.1) is 17.4 Å². The molecule has 124 valence electrons. The normalized spacial score (nSPS) is 13.0. The first kappa shape index (κ1) is 17.4. The van der Waals surface area contributed by atoms with E-state index in [1.54, 1.807) is 13.8 Å². The van der Waals surface area contributed by atoms with E-state index in [4.69, 9.17) is 0 Å². The summed E-state index contributed by atoms with van der Waals surface area (Å²) in [6.45, 7) is 3.32. The average molecular weight is 344 g/mol. The number of halogens is 3. The predicted molar refractivity (Wildman–Crippen MR) is 81.3 cm³/mol. The fraction of sp³-hybridized carbons (Fsp3) is 0.333. The fourth-order valence-corrected chi connectivity index (χ4v) is 2.84. The number of hydrogen-bond donors (Lipinski definition) is 2. The molecule has 2 N–H and O–H groups in total. The molecule has 1 aromatic carbocycles. The first-order valence-electron chi connectivity index (χ1n) is 6.80. The number of carbonyl (C=O) groups is 1. The molecular formula is C15H15F3N2O2S. The molecule has 1 atom stereocenters. The summed E-state index contributed by atoms with van der Waals surface area (Å²) < 4.78 is 37.7. The van der Waals surface area contributed by atoms with Crippen LogP contribution in [0.25, 0.3) is 10.6 Å². The second kappa shape index (κ2) is 6.67. The van der Waals surface area contributed by atoms with Gasteiger partial charge in [-0.05, 0) is 26.0 Å². The Morgan fingerprint density at radius 3 is 2.48 bits per heavy atom. The summed E-state index contributed by atoms with van der Waals surface area (Å²) in [5, 5.41) is 12.2. The molecule has 1 aromatic heterocycles. The minimum atomic E-state index is -4.39. The van der Waals surface area contributed by atoms with Crippen molar-refractivity contribution in [1.82, 2.24) is 10.3 Å². The first-order valence-corrected chi connectivity index (χ1v) is 7.61. The summed E-state index contributed by atoms with van der Waals surface area (Å²) in [5.74, 6) is -0.362. The number of amides is 1. The van der Waals surface area contributed by atoms with Crippen LogP contribution in [0.2, 0.25) is 0 Å². The van der Waals surface area contributed by atoms with E-state index in [0.717, 1.165) is 23.5 Å². The molecule has 0 fully saturated rings. The Balaban J connectivity index is 2.22. The van der Waals surface area contributed by atoms with Gasteiger partial charge in [0.1, 0.15) is 9.88 Å². The molecule has 0 saturated heterocycles. The van der Waals surface area contributed by atoms with Crippen LogP contribution in [0.4, 0.5) is 13.2 Å². The van der Waals surface area contributed by atoms with Crippen molar-refractivity contribution in [1.29, 1.82) is 0 Å². The number of hydrogen-bond acceptors (Lipinski definition) is 4. The van der Waals surface area contributed by atoms with Crippen molar-refractivity contribution in [2.75, 3.05) is 6.54 Å². The van der Waals surface area contributed by atoms with Crippen LogP contribution < -0.4 is 5.32 Å². The Kier molecular flexibility index (Phi) is 5.06. The van der Waals surface area contributed by atoms with Crippen molar-refractivity contribution in [3.63, 3.8) is 0 Å². The third-order valence-electron chi connectivity index (χ3n) is 3.02. The molecule has 1 unspecified atom stereocenters. The van der Waals surface area contributed by atoms with Gasteiger partial charge in [0.15, 0.2) is 0 Å². The van der Waals surface area contributed by atoms with Gasteiger partial charge in [-0.3, -0.25) is 4.79 Å². The molecule has 2 rings (SSSR count). The van der Waals surface area contributed by atoms with E-state index in [2.05, 4.69) is 10.3 Å². The number of aliphatic hydroxyl groups excluding tert-OH is 1. The second-order valence-corrected chi connectivity index (χ2v) is 6.07. The maximum absolute atomic E-state index is 12.6. The summed E-state index contributed by atoms with van der Waals surface area (Å²) >= 11 is 1.10. The number of nitrogens with zero attached hydrogens (tertiary/aromatic N) is 1. The zero-order chi connectivity index (χ0) is 17.2. The van der Waals surface area contributed by atoms with Crippen LogP contribution in [0.5, 0.6) is 0 Å². The molecule has 1 amide bonds. The third kappa shape index (κ3) is 4.29. The van der Waals surface area contributed by atoms with E-state index < -0.39 is 17.8 Å². The monoisotopic (exact) mass is 344 g/mol. The SMILES string of the molecule is Cc1nc(-c2ccc(C(F)(F)F)cc2)sc1C(=O)NCC(C)O. The predicted octanol–water partition coefficient (Wildman–Crippen LogP) is 3.25. The van der Waals surface area contributed by atoms with E-state index in [0.29, 0.717) is 21.1 Å². The molecule has 8 heteroatoms. The quantitative estimate of drug-likeness (QED) is 0.895. The lowest BCUT2D eigenvalue weighted by molar-refractivity contribution is -0.137. The maximum Gasteiger partial charge on any atom is 0.416 e. The Hall–Kier alpha value is -1.93. The highest BCUT2D eigenvalue weighted by Gasteiger charge is 2.30. The highest BCUT2D eigenvalue weighted by atomic mass is 32.1. The molecule has 2 aromatic rings. The Morgan fingerprint density at radius 2 is 1.96 bits per heavy atom. The molecule has 0 saturated carbocycles. The summed E-state index contributed by atoms with van der Waals surface area (Å²) in [6, 6.07) is 4.63. The molecule has 0 aliphatic carbocycles. The largest absolute Gasteiger partial charge is 0.416 e. The van der Waals surface area contributed by atoms with Crippen LogP contribution in [0.1, 0.15) is 27.9 Å². The second-order valence-electron chi connectivity index (χ2n) is 5.07. The number of rotatable bonds is 4. The minimum Gasteiger partial charge on any atom is -0.392 e. The molecule has 4 nitrogen and oxygen atoms in total. The molecule has 0 aliphatic heterocycles. The van der Waals surface area contributed by atoms with E-state index >= 15 is 0 Å². The van der Waals surface area contributed by atoms with Crippen LogP contribution in [0.3, 0.4) is 0 Å². The number of carbonyl (C=O) groups excluding carboxylic acids is 1. The smallest absolute Gasteiger partial charge is 0.392 e. The summed E-state index contributed by atoms with van der Waals surface area (Å²) in [6.07, 6.45) is -5.05. The zero-order valence-electron chi connectivity index (χ0n) is 12.4. The Labute approximate surface area is 135 Å². The average Bonchev–Trinajstić information content (AvgIpc) is 2.86. The van der Waals surface area contributed by atoms with Gasteiger partial charge in [0.2, 0.25) is 0 Å². The van der Waals surface area contributed by atoms with Gasteiger partial charge >= 0.3 is 6.18 Å². The molecule has 0 radical (unpaired) electrons. The van der Waals surface area contributed by atoms with Crippen molar-refractivity contribution in [3.05, 3.63) is 40.4 Å². The van der Waals surface area contributed by atoms with E-state index in [1.165, 1.54) is 12.1 Å². The maximum atomic E-state index is 12.6. The fourth-order valence-electron chi connectivity index (χ4n) is 1.85. The molecule has 0 aliphatic rings. The summed E-state index contributed by atoms with van der Waals surface area (Å²) in [5.41, 5.74) is 0.276. The van der Waals surface area contributed by atoms with Gasteiger partial charge in [-0.2, -0.15) is 13.2 Å². The lowest BCUT2D eigenvalue weighted by Crippen LogP contribution is -2.30. The van der Waals surface area contributed by atoms with E-state index in [9.17, 15) is 23.1 Å². The van der Waals surface area contributed by atoms with Crippen molar-refractivity contribution in [3.8, 4) is 10.6 Å². The number of aryl methyl sites for hydroxylation is 1. The molecule has 0 bridgehead atoms. The number of alkyl halides is 3. The summed E-state index contributed by atoms with van der Waals surface area (Å²) in [4.78, 5) is 16.6. The lowest BCUT2D eigenvalue weighted by atomic mass is 10.1. The van der Waals surface area contributed by atoms with Gasteiger partial charge < -0.3 is 10.4 Å². The molecule has 1 heterocycles. The lowest BCUT2D eigenvalue weighted by Gasteiger charge is -2.06. The van der Waals surface area contributed by atoms with Gasteiger partial charge in [-0.25, -0.2) is 4.98 Å². The van der Waals surface area contributed by atoms with Gasteiger partial charge in [0.25, 0.3) is 5.91 Å². The Morgan fingerprint density at radius 1 is 1.35 bits per heavy atom. The number of aromatic nitrogens is 1. The highest BCUT2D eigenvalue weighted by Crippen LogP contribution is 2.32. The number of thiazole rings is 1. The van der Waals surface area contributed by atoms with E-state index in [-0.39, 0.29) is 12.5 Å². The molecule has 23 heavy (non-hydrogen) atoms. The van der Waals surface area contributed by atoms with Crippen molar-refractivity contribution in [2.45, 2.75) is 26.1 Å². The number of benzene rings is 1. The molecular weight excluding hydrogens is 329 g/mol. The zero-order valence-corrected chi connectivity index (χ0v) is 13.3. The van der Waals surface area contributed by atoms with Crippen molar-refractivity contribution < 1.29 is 23.1 Å². The minimum absolute atomic E-state index is 0.117. The Bertz CT molecular complexity index is 694. The van der Waals surface area contributed by atoms with Gasteiger partial charge in [-0.1, -0.05) is 12.1 Å². The topological polar surface area (TPSA) is 62.2 Å². The summed E-state index contributed by atoms with van der Waals surface area (Å²) in [7, 11) is 0. The standard InChI is InChI=1S/C15H15F3N2O2S/c1-8(21)7-19-13(22)12-9(2)20-14(23-12)10-3-5-11(6-4-10)15(16,17)18/h3-6,8,21H,7H2,1-2H3,(H,19,22). The van der Waals surface area contributed by atoms with Crippen LogP contribution in [0.15, 0.2) is 24.3 Å². The van der Waals surface area contributed by atoms with Crippen LogP contribution >= 0.6 is 11.3 Å². The number of aliphatic hydroxyl groups is 1. The van der Waals surface area contributed by atoms with Crippen LogP contribution in [-0.4, -0.2) is 28.6 Å². The van der Waals surface area contributed by atoms with Crippen molar-refractivity contribution >= 4 is 17.2 Å². The van der Waals surface area contributed by atoms with Gasteiger partial charge in [-0.15, -0.1) is 11.3 Å². The highest BCUT2D eigenvalue weighted by molar-refractivity contribution is 7.17. The van der Waals surface area contributed by atoms with E-state index in [1.807, 2.05) is 0 Å². The van der Waals surface area contributed by atoms with Crippen molar-refractivity contribution in [2.24, 2.45) is 0 Å². The van der Waals surface area contributed by atoms with Crippen LogP contribution in [-0.2, 0) is 6.18 Å². The van der Waals surface area contributed by atoms with Gasteiger partial charge in [0, 0.05) is 12.1 Å². The number of nitrogens with one attached hydrogen (secondary N) is 1. The van der Waals surface area contributed by atoms with Crippen LogP contribution in [0, 0.1) is 6.92 Å². The third-order valence-corrected chi connectivity index (χ3v) is 4.23.